The van der Waals surface area contributed by atoms with Crippen molar-refractivity contribution in [1.29, 1.82) is 0 Å². The van der Waals surface area contributed by atoms with Crippen molar-refractivity contribution in [2.75, 3.05) is 0 Å². The molecule has 3 nitrogen and oxygen atoms in total. The molecule has 0 aliphatic rings. The number of carbonyl (C=O) groups is 1. The molecule has 0 unspecified atom stereocenters. The van der Waals surface area contributed by atoms with Gasteiger partial charge in [-0.05, 0) is 0 Å². The summed E-state index contributed by atoms with van der Waals surface area (Å²) < 4.78 is 0.871. The molecule has 0 saturated carbocycles. The molecule has 4 heteroatoms. The quantitative estimate of drug-likeness (QED) is 0.542. The number of hydrogen-bond donors (Lipinski definition) is 1. The molecule has 2 radical (unpaired) electrons. The van der Waals surface area contributed by atoms with Gasteiger partial charge in [-0.1, -0.05) is 0 Å². The molecule has 0 fully saturated rings. The molecule has 104 valence electrons. The summed E-state index contributed by atoms with van der Waals surface area (Å²) in [5, 5.41) is 10.1. The van der Waals surface area contributed by atoms with Gasteiger partial charge in [0.2, 0.25) is 0 Å². The van der Waals surface area contributed by atoms with Crippen LogP contribution in [0.15, 0.2) is 54.6 Å². The first-order chi connectivity index (χ1) is 10.6. The fourth-order valence-electron chi connectivity index (χ4n) is 2.11. The zero-order valence-corrected chi connectivity index (χ0v) is 13.3. The van der Waals surface area contributed by atoms with Crippen molar-refractivity contribution in [3.8, 4) is 11.8 Å². The second-order valence-electron chi connectivity index (χ2n) is 4.65. The Morgan fingerprint density at radius 1 is 1.05 bits per heavy atom. The first kappa shape index (κ1) is 14.4. The van der Waals surface area contributed by atoms with Gasteiger partial charge >= 0.3 is 136 Å². The van der Waals surface area contributed by atoms with Gasteiger partial charge in [-0.2, -0.15) is 0 Å². The number of rotatable bonds is 1. The third kappa shape index (κ3) is 2.88. The van der Waals surface area contributed by atoms with E-state index in [0.717, 1.165) is 15.3 Å². The first-order valence-electron chi connectivity index (χ1n) is 6.58. The van der Waals surface area contributed by atoms with Crippen molar-refractivity contribution in [2.24, 2.45) is 0 Å². The average Bonchev–Trinajstić information content (AvgIpc) is 2.54. The Balaban J connectivity index is 2.22. The van der Waals surface area contributed by atoms with Gasteiger partial charge in [0.25, 0.3) is 0 Å². The van der Waals surface area contributed by atoms with Gasteiger partial charge in [-0.15, -0.1) is 0 Å². The molecule has 0 atom stereocenters. The molecule has 0 amide bonds. The number of para-hydroxylation sites is 1. The van der Waals surface area contributed by atoms with E-state index in [1.165, 1.54) is 6.07 Å². The van der Waals surface area contributed by atoms with Crippen molar-refractivity contribution in [3.63, 3.8) is 0 Å². The van der Waals surface area contributed by atoms with Gasteiger partial charge in [0.05, 0.1) is 0 Å². The summed E-state index contributed by atoms with van der Waals surface area (Å²) >= 11 is 2.41. The van der Waals surface area contributed by atoms with Crippen LogP contribution in [-0.4, -0.2) is 32.9 Å². The molecular weight excluding hydrogens is 337 g/mol. The molecule has 1 aromatic heterocycles. The van der Waals surface area contributed by atoms with Crippen LogP contribution in [0.1, 0.15) is 21.6 Å². The standard InChI is InChI=1S/C18H10AsNO2/c19-15-8-4-7-14-13(10-9-12-5-2-1-3-6-12)11-16(18(21)22)20-17(14)15/h1-8,11H,(H,21,22). The second-order valence-corrected chi connectivity index (χ2v) is 5.66. The summed E-state index contributed by atoms with van der Waals surface area (Å²) in [7, 11) is 0. The summed E-state index contributed by atoms with van der Waals surface area (Å²) in [6, 6.07) is 16.8. The number of aromatic nitrogens is 1. The van der Waals surface area contributed by atoms with Gasteiger partial charge in [-0.25, -0.2) is 0 Å². The summed E-state index contributed by atoms with van der Waals surface area (Å²) in [6.07, 6.45) is 0. The molecule has 1 N–H and O–H groups in total. The van der Waals surface area contributed by atoms with Gasteiger partial charge in [0.15, 0.2) is 0 Å². The number of aromatic carboxylic acids is 1. The van der Waals surface area contributed by atoms with Crippen molar-refractivity contribution in [1.82, 2.24) is 4.98 Å². The molecule has 0 bridgehead atoms. The Morgan fingerprint density at radius 3 is 2.55 bits per heavy atom. The zero-order chi connectivity index (χ0) is 15.5. The number of pyridine rings is 1. The van der Waals surface area contributed by atoms with Crippen LogP contribution in [-0.2, 0) is 0 Å². The number of carboxylic acids is 1. The Morgan fingerprint density at radius 2 is 1.82 bits per heavy atom. The number of hydrogen-bond acceptors (Lipinski definition) is 2. The maximum absolute atomic E-state index is 11.3. The van der Waals surface area contributed by atoms with Crippen molar-refractivity contribution in [3.05, 3.63) is 71.4 Å². The average molecular weight is 347 g/mol. The molecule has 0 spiro atoms. The second kappa shape index (κ2) is 6.05. The number of benzene rings is 2. The van der Waals surface area contributed by atoms with E-state index in [1.807, 2.05) is 48.5 Å². The molecule has 1 heterocycles. The van der Waals surface area contributed by atoms with E-state index < -0.39 is 5.97 Å². The normalized spacial score (nSPS) is 10.0. The van der Waals surface area contributed by atoms with Crippen molar-refractivity contribution >= 4 is 38.1 Å². The molecule has 0 aliphatic carbocycles. The van der Waals surface area contributed by atoms with Crippen LogP contribution in [0.25, 0.3) is 10.9 Å². The van der Waals surface area contributed by atoms with E-state index in [4.69, 9.17) is 0 Å². The predicted molar refractivity (Wildman–Crippen MR) is 86.5 cm³/mol. The zero-order valence-electron chi connectivity index (χ0n) is 11.4. The topological polar surface area (TPSA) is 50.2 Å². The van der Waals surface area contributed by atoms with E-state index in [2.05, 4.69) is 33.7 Å². The summed E-state index contributed by atoms with van der Waals surface area (Å²) in [5.41, 5.74) is 2.20. The van der Waals surface area contributed by atoms with Crippen LogP contribution in [0.3, 0.4) is 0 Å². The third-order valence-corrected chi connectivity index (χ3v) is 3.91. The van der Waals surface area contributed by atoms with Crippen LogP contribution < -0.4 is 4.35 Å². The van der Waals surface area contributed by atoms with E-state index in [1.54, 1.807) is 0 Å². The first-order valence-corrected chi connectivity index (χ1v) is 7.52. The minimum absolute atomic E-state index is 0.00311. The third-order valence-electron chi connectivity index (χ3n) is 3.15. The van der Waals surface area contributed by atoms with Crippen LogP contribution in [0.5, 0.6) is 0 Å². The number of nitrogens with zero attached hydrogens (tertiary/aromatic N) is 1. The summed E-state index contributed by atoms with van der Waals surface area (Å²) in [6.45, 7) is 0. The van der Waals surface area contributed by atoms with Crippen LogP contribution >= 0.6 is 0 Å². The molecule has 2 aromatic carbocycles. The van der Waals surface area contributed by atoms with Gasteiger partial charge < -0.3 is 0 Å². The van der Waals surface area contributed by atoms with Crippen LogP contribution in [0.4, 0.5) is 0 Å². The monoisotopic (exact) mass is 347 g/mol. The van der Waals surface area contributed by atoms with Gasteiger partial charge in [0, 0.05) is 0 Å². The molecule has 3 aromatic rings. The fraction of sp³-hybridized carbons (Fsp3) is 0. The van der Waals surface area contributed by atoms with E-state index in [0.29, 0.717) is 11.1 Å². The van der Waals surface area contributed by atoms with Gasteiger partial charge in [-0.3, -0.25) is 0 Å². The summed E-state index contributed by atoms with van der Waals surface area (Å²) in [5.74, 6) is 5.07. The predicted octanol–water partition coefficient (Wildman–Crippen LogP) is 2.13. The molecule has 0 aliphatic heterocycles. The minimum atomic E-state index is -1.06. The van der Waals surface area contributed by atoms with E-state index in [-0.39, 0.29) is 5.69 Å². The van der Waals surface area contributed by atoms with E-state index >= 15 is 0 Å². The molecular formula is C18H10AsNO2. The number of fused-ring (bicyclic) bond motifs is 1. The molecule has 3 rings (SSSR count). The fourth-order valence-corrected chi connectivity index (χ4v) is 2.65. The van der Waals surface area contributed by atoms with Crippen LogP contribution in [0, 0.1) is 11.8 Å². The van der Waals surface area contributed by atoms with Crippen molar-refractivity contribution < 1.29 is 9.90 Å². The number of carboxylic acid groups (broad SMARTS) is 1. The van der Waals surface area contributed by atoms with E-state index in [9.17, 15) is 9.90 Å². The molecule has 22 heavy (non-hydrogen) atoms. The Bertz CT molecular complexity index is 924. The molecule has 0 saturated heterocycles. The van der Waals surface area contributed by atoms with Crippen LogP contribution in [0.2, 0.25) is 0 Å². The Kier molecular flexibility index (Phi) is 3.96. The maximum atomic E-state index is 11.3. The van der Waals surface area contributed by atoms with Crippen molar-refractivity contribution in [2.45, 2.75) is 0 Å². The SMILES string of the molecule is O=C(O)c1cc(C#Cc2ccccc2)c2cccc([As])c2n1. The Hall–Kier alpha value is -2.56. The summed E-state index contributed by atoms with van der Waals surface area (Å²) in [4.78, 5) is 15.5. The Labute approximate surface area is 136 Å². The van der Waals surface area contributed by atoms with Gasteiger partial charge in [0.1, 0.15) is 0 Å².